The molecule has 0 saturated carbocycles. The van der Waals surface area contributed by atoms with E-state index in [9.17, 15) is 18.7 Å². The minimum absolute atomic E-state index is 0.0133. The summed E-state index contributed by atoms with van der Waals surface area (Å²) < 4.78 is 26.3. The maximum Gasteiger partial charge on any atom is 0.253 e. The molecule has 120 valence electrons. The van der Waals surface area contributed by atoms with Gasteiger partial charge in [0, 0.05) is 37.8 Å². The normalized spacial score (nSPS) is 31.3. The van der Waals surface area contributed by atoms with Gasteiger partial charge in [-0.05, 0) is 30.5 Å². The first-order chi connectivity index (χ1) is 10.4. The van der Waals surface area contributed by atoms with Crippen LogP contribution in [0.15, 0.2) is 18.2 Å². The van der Waals surface area contributed by atoms with Crippen molar-refractivity contribution in [2.45, 2.75) is 31.5 Å². The van der Waals surface area contributed by atoms with Crippen LogP contribution in [0.4, 0.5) is 8.78 Å². The molecule has 4 atom stereocenters. The summed E-state index contributed by atoms with van der Waals surface area (Å²) in [5.41, 5.74) is 0.153. The molecule has 3 unspecified atom stereocenters. The van der Waals surface area contributed by atoms with E-state index in [0.29, 0.717) is 19.0 Å². The summed E-state index contributed by atoms with van der Waals surface area (Å²) in [6.07, 6.45) is 0.521. The number of amides is 1. The van der Waals surface area contributed by atoms with Gasteiger partial charge in [-0.15, -0.1) is 0 Å². The molecule has 6 heteroatoms. The lowest BCUT2D eigenvalue weighted by molar-refractivity contribution is -0.117. The van der Waals surface area contributed by atoms with Crippen molar-refractivity contribution in [3.63, 3.8) is 0 Å². The van der Waals surface area contributed by atoms with Crippen LogP contribution in [-0.4, -0.2) is 59.1 Å². The van der Waals surface area contributed by atoms with Gasteiger partial charge in [0.15, 0.2) is 11.6 Å². The van der Waals surface area contributed by atoms with Crippen molar-refractivity contribution in [1.82, 2.24) is 9.80 Å². The molecule has 0 aromatic heterocycles. The molecular weight excluding hydrogens is 290 g/mol. The minimum Gasteiger partial charge on any atom is -0.390 e. The van der Waals surface area contributed by atoms with Crippen molar-refractivity contribution in [2.24, 2.45) is 5.92 Å². The van der Waals surface area contributed by atoms with Crippen LogP contribution in [0, 0.1) is 17.6 Å². The second-order valence-electron chi connectivity index (χ2n) is 6.42. The van der Waals surface area contributed by atoms with Crippen LogP contribution >= 0.6 is 0 Å². The third kappa shape index (κ3) is 2.50. The second-order valence-corrected chi connectivity index (χ2v) is 6.42. The summed E-state index contributed by atoms with van der Waals surface area (Å²) in [6.45, 7) is 3.42. The maximum absolute atomic E-state index is 13.3. The number of piperidine rings is 1. The van der Waals surface area contributed by atoms with E-state index >= 15 is 0 Å². The van der Waals surface area contributed by atoms with E-state index in [1.807, 2.05) is 0 Å². The lowest BCUT2D eigenvalue weighted by atomic mass is 9.79. The quantitative estimate of drug-likeness (QED) is 0.900. The zero-order valence-electron chi connectivity index (χ0n) is 12.7. The number of halogens is 2. The van der Waals surface area contributed by atoms with Gasteiger partial charge < -0.3 is 10.0 Å². The van der Waals surface area contributed by atoms with Gasteiger partial charge in [0.25, 0.3) is 5.91 Å². The number of carbonyl (C=O) groups excluding carboxylic acids is 1. The summed E-state index contributed by atoms with van der Waals surface area (Å²) >= 11 is 0. The Morgan fingerprint density at radius 1 is 1.32 bits per heavy atom. The van der Waals surface area contributed by atoms with Crippen LogP contribution in [0.1, 0.15) is 23.7 Å². The minimum atomic E-state index is -1.01. The largest absolute Gasteiger partial charge is 0.390 e. The number of nitrogens with zero attached hydrogens (tertiary/aromatic N) is 2. The number of likely N-dealkylation sites (N-methyl/N-ethyl adjacent to an activating group) is 1. The first-order valence-electron chi connectivity index (χ1n) is 7.53. The number of benzene rings is 1. The lowest BCUT2D eigenvalue weighted by Crippen LogP contribution is -2.69. The van der Waals surface area contributed by atoms with E-state index < -0.39 is 11.6 Å². The molecule has 2 aliphatic heterocycles. The molecule has 2 aliphatic rings. The average Bonchev–Trinajstić information content (AvgIpc) is 2.46. The van der Waals surface area contributed by atoms with Gasteiger partial charge in [-0.3, -0.25) is 9.69 Å². The van der Waals surface area contributed by atoms with Gasteiger partial charge in [-0.25, -0.2) is 8.78 Å². The Labute approximate surface area is 128 Å². The van der Waals surface area contributed by atoms with Gasteiger partial charge in [-0.2, -0.15) is 0 Å². The van der Waals surface area contributed by atoms with Crippen LogP contribution < -0.4 is 0 Å². The molecule has 22 heavy (non-hydrogen) atoms. The van der Waals surface area contributed by atoms with Crippen molar-refractivity contribution in [2.75, 3.05) is 20.1 Å². The number of aliphatic hydroxyl groups is 1. The zero-order chi connectivity index (χ0) is 16.0. The molecule has 4 nitrogen and oxygen atoms in total. The van der Waals surface area contributed by atoms with E-state index in [1.54, 1.807) is 11.9 Å². The van der Waals surface area contributed by atoms with Crippen LogP contribution in [0.2, 0.25) is 0 Å². The van der Waals surface area contributed by atoms with Crippen molar-refractivity contribution in [3.05, 3.63) is 35.4 Å². The third-order valence-electron chi connectivity index (χ3n) is 4.94. The highest BCUT2D eigenvalue weighted by molar-refractivity contribution is 5.94. The highest BCUT2D eigenvalue weighted by Gasteiger charge is 2.46. The Morgan fingerprint density at radius 3 is 2.64 bits per heavy atom. The summed E-state index contributed by atoms with van der Waals surface area (Å²) in [4.78, 5) is 16.2. The summed E-state index contributed by atoms with van der Waals surface area (Å²) in [5, 5.41) is 9.78. The number of hydrogen-bond acceptors (Lipinski definition) is 3. The topological polar surface area (TPSA) is 43.8 Å². The molecule has 2 saturated heterocycles. The first kappa shape index (κ1) is 15.4. The fourth-order valence-corrected chi connectivity index (χ4v) is 3.70. The number of rotatable bonds is 2. The van der Waals surface area contributed by atoms with Gasteiger partial charge in [0.2, 0.25) is 0 Å². The summed E-state index contributed by atoms with van der Waals surface area (Å²) in [7, 11) is 1.69. The Morgan fingerprint density at radius 2 is 2.05 bits per heavy atom. The van der Waals surface area contributed by atoms with Crippen molar-refractivity contribution < 1.29 is 18.7 Å². The number of carbonyl (C=O) groups is 1. The molecule has 0 bridgehead atoms. The Balaban J connectivity index is 1.72. The standard InChI is InChI=1S/C16H20F2N2O2/c1-9-5-11(7-20-8-14(21)15(9)20)19(2)16(22)10-3-4-12(17)13(18)6-10/h3-4,6,9,11,14-15,21H,5,7-8H2,1-2H3/t9?,11-,14?,15?/m0/s1. The van der Waals surface area contributed by atoms with Gasteiger partial charge in [0.1, 0.15) is 0 Å². The maximum atomic E-state index is 13.3. The lowest BCUT2D eigenvalue weighted by Gasteiger charge is -2.55. The zero-order valence-corrected chi connectivity index (χ0v) is 12.7. The molecule has 0 spiro atoms. The van der Waals surface area contributed by atoms with Gasteiger partial charge in [0.05, 0.1) is 6.10 Å². The Hall–Kier alpha value is -1.53. The van der Waals surface area contributed by atoms with Crippen LogP contribution in [0.5, 0.6) is 0 Å². The third-order valence-corrected chi connectivity index (χ3v) is 4.94. The molecule has 0 aliphatic carbocycles. The summed E-state index contributed by atoms with van der Waals surface area (Å²) in [6, 6.07) is 3.42. The predicted octanol–water partition coefficient (Wildman–Crippen LogP) is 1.49. The molecule has 2 heterocycles. The van der Waals surface area contributed by atoms with Crippen LogP contribution in [-0.2, 0) is 0 Å². The van der Waals surface area contributed by atoms with Crippen LogP contribution in [0.3, 0.4) is 0 Å². The molecule has 1 amide bonds. The highest BCUT2D eigenvalue weighted by atomic mass is 19.2. The van der Waals surface area contributed by atoms with Crippen molar-refractivity contribution in [1.29, 1.82) is 0 Å². The molecular formula is C16H20F2N2O2. The fourth-order valence-electron chi connectivity index (χ4n) is 3.70. The SMILES string of the molecule is CC1C[C@H](N(C)C(=O)c2ccc(F)c(F)c2)CN2CC(O)C12. The van der Waals surface area contributed by atoms with Gasteiger partial charge >= 0.3 is 0 Å². The smallest absolute Gasteiger partial charge is 0.253 e. The first-order valence-corrected chi connectivity index (χ1v) is 7.53. The van der Waals surface area contributed by atoms with E-state index in [4.69, 9.17) is 0 Å². The molecule has 1 N–H and O–H groups in total. The molecule has 1 aromatic rings. The number of fused-ring (bicyclic) bond motifs is 1. The monoisotopic (exact) mass is 310 g/mol. The molecule has 2 fully saturated rings. The fraction of sp³-hybridized carbons (Fsp3) is 0.562. The Bertz CT molecular complexity index is 588. The van der Waals surface area contributed by atoms with E-state index in [-0.39, 0.29) is 29.7 Å². The predicted molar refractivity (Wildman–Crippen MR) is 77.4 cm³/mol. The molecule has 0 radical (unpaired) electrons. The highest BCUT2D eigenvalue weighted by Crippen LogP contribution is 2.34. The number of hydrogen-bond donors (Lipinski definition) is 1. The van der Waals surface area contributed by atoms with Crippen LogP contribution in [0.25, 0.3) is 0 Å². The summed E-state index contributed by atoms with van der Waals surface area (Å²) in [5.74, 6) is -1.98. The second kappa shape index (κ2) is 5.59. The van der Waals surface area contributed by atoms with E-state index in [0.717, 1.165) is 18.6 Å². The van der Waals surface area contributed by atoms with E-state index in [2.05, 4.69) is 11.8 Å². The number of aliphatic hydroxyl groups excluding tert-OH is 1. The van der Waals surface area contributed by atoms with Crippen molar-refractivity contribution in [3.8, 4) is 0 Å². The average molecular weight is 310 g/mol. The molecule has 1 aromatic carbocycles. The van der Waals surface area contributed by atoms with E-state index in [1.165, 1.54) is 6.07 Å². The Kier molecular flexibility index (Phi) is 3.91. The molecule has 3 rings (SSSR count). The van der Waals surface area contributed by atoms with Crippen molar-refractivity contribution >= 4 is 5.91 Å². The van der Waals surface area contributed by atoms with Gasteiger partial charge in [-0.1, -0.05) is 6.92 Å².